The quantitative estimate of drug-likeness (QED) is 0.871. The summed E-state index contributed by atoms with van der Waals surface area (Å²) in [6, 6.07) is 3.21. The summed E-state index contributed by atoms with van der Waals surface area (Å²) in [5.74, 6) is 0.220. The maximum Gasteiger partial charge on any atom is 0.241 e. The van der Waals surface area contributed by atoms with E-state index in [1.165, 1.54) is 6.07 Å². The van der Waals surface area contributed by atoms with E-state index >= 15 is 0 Å². The summed E-state index contributed by atoms with van der Waals surface area (Å²) in [5.41, 5.74) is 2.20. The zero-order chi connectivity index (χ0) is 14.8. The predicted octanol–water partition coefficient (Wildman–Crippen LogP) is 2.12. The molecule has 5 heteroatoms. The molecule has 1 rings (SSSR count). The standard InChI is InChI=1S/C14H23NO3S/c1-9(2)12(5)15-19(17,18)14-7-13(8-16)6-10(3)11(14)4/h6-7,9,12,15-16H,8H2,1-5H3. The van der Waals surface area contributed by atoms with Crippen LogP contribution in [0.1, 0.15) is 37.5 Å². The van der Waals surface area contributed by atoms with Crippen molar-refractivity contribution < 1.29 is 13.5 Å². The summed E-state index contributed by atoms with van der Waals surface area (Å²) in [6.07, 6.45) is 0. The summed E-state index contributed by atoms with van der Waals surface area (Å²) in [5, 5.41) is 9.20. The van der Waals surface area contributed by atoms with Crippen LogP contribution in [0.15, 0.2) is 17.0 Å². The number of aliphatic hydroxyl groups excluding tert-OH is 1. The van der Waals surface area contributed by atoms with Gasteiger partial charge in [-0.1, -0.05) is 19.9 Å². The molecule has 1 atom stereocenters. The van der Waals surface area contributed by atoms with Crippen LogP contribution in [0.4, 0.5) is 0 Å². The highest BCUT2D eigenvalue weighted by Gasteiger charge is 2.22. The van der Waals surface area contributed by atoms with Gasteiger partial charge in [0.05, 0.1) is 11.5 Å². The summed E-state index contributed by atoms with van der Waals surface area (Å²) in [6.45, 7) is 9.25. The lowest BCUT2D eigenvalue weighted by Gasteiger charge is -2.19. The first-order chi connectivity index (χ1) is 8.69. The monoisotopic (exact) mass is 285 g/mol. The van der Waals surface area contributed by atoms with Crippen LogP contribution >= 0.6 is 0 Å². The van der Waals surface area contributed by atoms with Crippen molar-refractivity contribution in [3.8, 4) is 0 Å². The number of hydrogen-bond acceptors (Lipinski definition) is 3. The zero-order valence-corrected chi connectivity index (χ0v) is 13.0. The van der Waals surface area contributed by atoms with Gasteiger partial charge >= 0.3 is 0 Å². The van der Waals surface area contributed by atoms with Gasteiger partial charge in [0.2, 0.25) is 10.0 Å². The molecule has 19 heavy (non-hydrogen) atoms. The van der Waals surface area contributed by atoms with Crippen molar-refractivity contribution in [2.45, 2.75) is 52.2 Å². The van der Waals surface area contributed by atoms with E-state index in [2.05, 4.69) is 4.72 Å². The van der Waals surface area contributed by atoms with Crippen LogP contribution in [0, 0.1) is 19.8 Å². The molecule has 0 saturated heterocycles. The molecule has 0 aliphatic rings. The molecule has 0 radical (unpaired) electrons. The summed E-state index contributed by atoms with van der Waals surface area (Å²) >= 11 is 0. The van der Waals surface area contributed by atoms with E-state index in [1.54, 1.807) is 13.0 Å². The van der Waals surface area contributed by atoms with E-state index in [9.17, 15) is 13.5 Å². The minimum Gasteiger partial charge on any atom is -0.392 e. The number of hydrogen-bond donors (Lipinski definition) is 2. The second-order valence-corrected chi connectivity index (χ2v) is 7.03. The Morgan fingerprint density at radius 2 is 1.79 bits per heavy atom. The van der Waals surface area contributed by atoms with Gasteiger partial charge in [0.15, 0.2) is 0 Å². The summed E-state index contributed by atoms with van der Waals surface area (Å²) in [4.78, 5) is 0.254. The Balaban J connectivity index is 3.25. The van der Waals surface area contributed by atoms with Crippen LogP contribution in [0.3, 0.4) is 0 Å². The van der Waals surface area contributed by atoms with Crippen molar-refractivity contribution in [3.63, 3.8) is 0 Å². The molecule has 0 amide bonds. The molecule has 2 N–H and O–H groups in total. The molecule has 0 aliphatic heterocycles. The molecule has 0 spiro atoms. The van der Waals surface area contributed by atoms with Crippen molar-refractivity contribution >= 4 is 10.0 Å². The number of sulfonamides is 1. The maximum absolute atomic E-state index is 12.4. The van der Waals surface area contributed by atoms with Crippen molar-refractivity contribution in [3.05, 3.63) is 28.8 Å². The third kappa shape index (κ3) is 3.78. The van der Waals surface area contributed by atoms with Crippen LogP contribution in [0.2, 0.25) is 0 Å². The number of rotatable bonds is 5. The van der Waals surface area contributed by atoms with Gasteiger partial charge in [-0.3, -0.25) is 0 Å². The lowest BCUT2D eigenvalue weighted by Crippen LogP contribution is -2.36. The zero-order valence-electron chi connectivity index (χ0n) is 12.2. The number of nitrogens with one attached hydrogen (secondary N) is 1. The van der Waals surface area contributed by atoms with Gasteiger partial charge in [0, 0.05) is 6.04 Å². The van der Waals surface area contributed by atoms with E-state index in [-0.39, 0.29) is 23.5 Å². The third-order valence-electron chi connectivity index (χ3n) is 3.49. The van der Waals surface area contributed by atoms with E-state index < -0.39 is 10.0 Å². The maximum atomic E-state index is 12.4. The molecule has 0 heterocycles. The topological polar surface area (TPSA) is 66.4 Å². The number of aryl methyl sites for hydroxylation is 1. The van der Waals surface area contributed by atoms with Crippen molar-refractivity contribution in [1.29, 1.82) is 0 Å². The van der Waals surface area contributed by atoms with Gasteiger partial charge in [-0.2, -0.15) is 0 Å². The average Bonchev–Trinajstić information content (AvgIpc) is 2.31. The summed E-state index contributed by atoms with van der Waals surface area (Å²) in [7, 11) is -3.55. The molecule has 1 aromatic carbocycles. The highest BCUT2D eigenvalue weighted by molar-refractivity contribution is 7.89. The highest BCUT2D eigenvalue weighted by Crippen LogP contribution is 2.22. The van der Waals surface area contributed by atoms with Gasteiger partial charge < -0.3 is 5.11 Å². The lowest BCUT2D eigenvalue weighted by molar-refractivity contribution is 0.281. The van der Waals surface area contributed by atoms with Crippen molar-refractivity contribution in [1.82, 2.24) is 4.72 Å². The number of aliphatic hydroxyl groups is 1. The first-order valence-electron chi connectivity index (χ1n) is 6.42. The largest absolute Gasteiger partial charge is 0.392 e. The van der Waals surface area contributed by atoms with E-state index in [1.807, 2.05) is 27.7 Å². The second kappa shape index (κ2) is 6.03. The molecule has 0 saturated carbocycles. The summed E-state index contributed by atoms with van der Waals surface area (Å²) < 4.78 is 27.5. The second-order valence-electron chi connectivity index (χ2n) is 5.35. The van der Waals surface area contributed by atoms with E-state index in [4.69, 9.17) is 0 Å². The fraction of sp³-hybridized carbons (Fsp3) is 0.571. The highest BCUT2D eigenvalue weighted by atomic mass is 32.2. The Kier molecular flexibility index (Phi) is 5.12. The fourth-order valence-electron chi connectivity index (χ4n) is 1.71. The van der Waals surface area contributed by atoms with Gasteiger partial charge in [0.1, 0.15) is 0 Å². The minimum absolute atomic E-state index is 0.137. The first-order valence-corrected chi connectivity index (χ1v) is 7.90. The normalized spacial score (nSPS) is 13.8. The molecule has 4 nitrogen and oxygen atoms in total. The fourth-order valence-corrected chi connectivity index (χ4v) is 3.47. The third-order valence-corrected chi connectivity index (χ3v) is 5.18. The molecule has 1 aromatic rings. The first kappa shape index (κ1) is 16.1. The Morgan fingerprint density at radius 1 is 1.21 bits per heavy atom. The molecule has 108 valence electrons. The lowest BCUT2D eigenvalue weighted by atomic mass is 10.1. The Labute approximate surface area is 115 Å². The minimum atomic E-state index is -3.55. The molecule has 1 unspecified atom stereocenters. The van der Waals surface area contributed by atoms with E-state index in [0.29, 0.717) is 5.56 Å². The van der Waals surface area contributed by atoms with Crippen molar-refractivity contribution in [2.75, 3.05) is 0 Å². The molecular formula is C14H23NO3S. The number of benzene rings is 1. The molecule has 0 fully saturated rings. The van der Waals surface area contributed by atoms with Gasteiger partial charge in [-0.05, 0) is 49.4 Å². The molecule has 0 aromatic heterocycles. The molecule has 0 aliphatic carbocycles. The molecule has 0 bridgehead atoms. The van der Waals surface area contributed by atoms with Crippen LogP contribution in [0.25, 0.3) is 0 Å². The van der Waals surface area contributed by atoms with Gasteiger partial charge in [-0.25, -0.2) is 13.1 Å². The average molecular weight is 285 g/mol. The van der Waals surface area contributed by atoms with Gasteiger partial charge in [-0.15, -0.1) is 0 Å². The Hall–Kier alpha value is -0.910. The van der Waals surface area contributed by atoms with Gasteiger partial charge in [0.25, 0.3) is 0 Å². The van der Waals surface area contributed by atoms with Crippen LogP contribution in [-0.4, -0.2) is 19.6 Å². The van der Waals surface area contributed by atoms with Crippen LogP contribution in [0.5, 0.6) is 0 Å². The van der Waals surface area contributed by atoms with Crippen molar-refractivity contribution in [2.24, 2.45) is 5.92 Å². The predicted molar refractivity (Wildman–Crippen MR) is 76.5 cm³/mol. The Morgan fingerprint density at radius 3 is 2.26 bits per heavy atom. The molecular weight excluding hydrogens is 262 g/mol. The van der Waals surface area contributed by atoms with Crippen LogP contribution in [-0.2, 0) is 16.6 Å². The SMILES string of the molecule is Cc1cc(CO)cc(S(=O)(=O)NC(C)C(C)C)c1C. The Bertz CT molecular complexity index is 550. The van der Waals surface area contributed by atoms with E-state index in [0.717, 1.165) is 11.1 Å². The smallest absolute Gasteiger partial charge is 0.241 e. The van der Waals surface area contributed by atoms with Crippen LogP contribution < -0.4 is 4.72 Å².